The van der Waals surface area contributed by atoms with Crippen LogP contribution in [0.3, 0.4) is 0 Å². The summed E-state index contributed by atoms with van der Waals surface area (Å²) >= 11 is 0. The Bertz CT molecular complexity index is 1480. The van der Waals surface area contributed by atoms with Gasteiger partial charge in [0.05, 0.1) is 0 Å². The zero-order valence-electron chi connectivity index (χ0n) is 19.7. The second-order valence-corrected chi connectivity index (χ2v) is 8.18. The van der Waals surface area contributed by atoms with Crippen LogP contribution in [0.5, 0.6) is 0 Å². The first-order valence-corrected chi connectivity index (χ1v) is 11.3. The molecule has 3 aromatic heterocycles. The topological polar surface area (TPSA) is 118 Å². The van der Waals surface area contributed by atoms with Crippen molar-refractivity contribution in [1.82, 2.24) is 20.1 Å². The van der Waals surface area contributed by atoms with E-state index in [1.54, 1.807) is 36.7 Å². The Morgan fingerprint density at radius 1 is 0.833 bits per heavy atom. The molecule has 0 aliphatic carbocycles. The lowest BCUT2D eigenvalue weighted by atomic mass is 10.2. The molecular formula is C27H23N7O2. The number of carbonyl (C=O) groups excluding carboxylic acids is 1. The van der Waals surface area contributed by atoms with Crippen LogP contribution in [-0.2, 0) is 0 Å². The van der Waals surface area contributed by atoms with Crippen LogP contribution in [-0.4, -0.2) is 26.0 Å². The zero-order valence-corrected chi connectivity index (χ0v) is 19.7. The van der Waals surface area contributed by atoms with E-state index in [1.807, 2.05) is 62.4 Å². The molecule has 9 nitrogen and oxygen atoms in total. The summed E-state index contributed by atoms with van der Waals surface area (Å²) in [5.74, 6) is 1.26. The Labute approximate surface area is 207 Å². The van der Waals surface area contributed by atoms with E-state index in [0.29, 0.717) is 23.2 Å². The number of rotatable bonds is 7. The van der Waals surface area contributed by atoms with Crippen LogP contribution >= 0.6 is 0 Å². The molecular weight excluding hydrogens is 454 g/mol. The lowest BCUT2D eigenvalue weighted by molar-refractivity contribution is 0.101. The molecule has 2 aromatic carbocycles. The maximum absolute atomic E-state index is 12.6. The molecule has 3 N–H and O–H groups in total. The van der Waals surface area contributed by atoms with Crippen molar-refractivity contribution < 1.29 is 9.32 Å². The van der Waals surface area contributed by atoms with Gasteiger partial charge in [-0.3, -0.25) is 9.78 Å². The van der Waals surface area contributed by atoms with E-state index in [-0.39, 0.29) is 11.6 Å². The monoisotopic (exact) mass is 477 g/mol. The molecule has 0 radical (unpaired) electrons. The number of nitrogens with zero attached hydrogens (tertiary/aromatic N) is 4. The highest BCUT2D eigenvalue weighted by atomic mass is 16.5. The van der Waals surface area contributed by atoms with Gasteiger partial charge in [0.2, 0.25) is 5.95 Å². The fourth-order valence-electron chi connectivity index (χ4n) is 3.46. The van der Waals surface area contributed by atoms with E-state index in [9.17, 15) is 4.79 Å². The molecule has 0 saturated carbocycles. The van der Waals surface area contributed by atoms with Gasteiger partial charge in [0.1, 0.15) is 5.82 Å². The van der Waals surface area contributed by atoms with Crippen LogP contribution in [0, 0.1) is 13.8 Å². The normalized spacial score (nSPS) is 10.6. The van der Waals surface area contributed by atoms with Crippen molar-refractivity contribution in [3.05, 3.63) is 102 Å². The maximum atomic E-state index is 12.6. The third-order valence-corrected chi connectivity index (χ3v) is 5.27. The van der Waals surface area contributed by atoms with E-state index in [0.717, 1.165) is 22.6 Å². The molecule has 0 atom stereocenters. The Balaban J connectivity index is 1.23. The van der Waals surface area contributed by atoms with Crippen molar-refractivity contribution in [3.8, 4) is 11.3 Å². The maximum Gasteiger partial charge on any atom is 0.277 e. The molecule has 0 aliphatic heterocycles. The molecule has 0 spiro atoms. The molecule has 0 saturated heterocycles. The first kappa shape index (κ1) is 22.7. The number of pyridine rings is 1. The molecule has 0 aliphatic rings. The number of nitrogens with one attached hydrogen (secondary N) is 3. The van der Waals surface area contributed by atoms with Gasteiger partial charge in [-0.05, 0) is 62.4 Å². The highest BCUT2D eigenvalue weighted by molar-refractivity contribution is 6.03. The smallest absolute Gasteiger partial charge is 0.277 e. The second kappa shape index (κ2) is 10.1. The lowest BCUT2D eigenvalue weighted by Gasteiger charge is -2.11. The van der Waals surface area contributed by atoms with E-state index in [1.165, 1.54) is 5.56 Å². The van der Waals surface area contributed by atoms with Gasteiger partial charge in [0.25, 0.3) is 5.91 Å². The number of aromatic nitrogens is 4. The molecule has 0 fully saturated rings. The lowest BCUT2D eigenvalue weighted by Crippen LogP contribution is -2.12. The van der Waals surface area contributed by atoms with Gasteiger partial charge in [-0.1, -0.05) is 22.9 Å². The largest absolute Gasteiger partial charge is 0.355 e. The van der Waals surface area contributed by atoms with Crippen molar-refractivity contribution in [1.29, 1.82) is 0 Å². The van der Waals surface area contributed by atoms with E-state index < -0.39 is 0 Å². The number of benzene rings is 2. The first-order chi connectivity index (χ1) is 17.5. The number of carbonyl (C=O) groups is 1. The predicted octanol–water partition coefficient (Wildman–Crippen LogP) is 5.88. The average molecular weight is 478 g/mol. The Morgan fingerprint density at radius 2 is 1.56 bits per heavy atom. The van der Waals surface area contributed by atoms with Crippen LogP contribution in [0.2, 0.25) is 0 Å². The van der Waals surface area contributed by atoms with Crippen molar-refractivity contribution >= 4 is 34.7 Å². The predicted molar refractivity (Wildman–Crippen MR) is 139 cm³/mol. The van der Waals surface area contributed by atoms with Gasteiger partial charge >= 0.3 is 0 Å². The SMILES string of the molecule is Cc1ccc(Nc2cc(C)nc(Nc3ccc(NC(=O)c4cc(-c5cccnc5)on4)cc3)n2)cc1. The minimum Gasteiger partial charge on any atom is -0.355 e. The number of hydrogen-bond donors (Lipinski definition) is 3. The highest BCUT2D eigenvalue weighted by Gasteiger charge is 2.14. The van der Waals surface area contributed by atoms with Gasteiger partial charge in [-0.15, -0.1) is 0 Å². The van der Waals surface area contributed by atoms with Crippen molar-refractivity contribution in [2.75, 3.05) is 16.0 Å². The molecule has 178 valence electrons. The third kappa shape index (κ3) is 5.53. The highest BCUT2D eigenvalue weighted by Crippen LogP contribution is 2.22. The van der Waals surface area contributed by atoms with Gasteiger partial charge in [0, 0.05) is 52.8 Å². The third-order valence-electron chi connectivity index (χ3n) is 5.27. The standard InChI is InChI=1S/C27H23N7O2/c1-17-5-7-20(8-6-17)30-25-14-18(2)29-27(33-25)32-22-11-9-21(10-12-22)31-26(35)23-15-24(36-34-23)19-4-3-13-28-16-19/h3-16H,1-2H3,(H,31,35)(H2,29,30,32,33). The number of anilines is 5. The van der Waals surface area contributed by atoms with Crippen molar-refractivity contribution in [2.24, 2.45) is 0 Å². The van der Waals surface area contributed by atoms with Crippen LogP contribution in [0.4, 0.5) is 28.8 Å². The Kier molecular flexibility index (Phi) is 6.35. The average Bonchev–Trinajstić information content (AvgIpc) is 3.38. The van der Waals surface area contributed by atoms with E-state index in [4.69, 9.17) is 4.52 Å². The molecule has 3 heterocycles. The Morgan fingerprint density at radius 3 is 2.31 bits per heavy atom. The molecule has 0 unspecified atom stereocenters. The van der Waals surface area contributed by atoms with Crippen LogP contribution in [0.25, 0.3) is 11.3 Å². The quantitative estimate of drug-likeness (QED) is 0.266. The van der Waals surface area contributed by atoms with Crippen LogP contribution < -0.4 is 16.0 Å². The number of hydrogen-bond acceptors (Lipinski definition) is 8. The zero-order chi connectivity index (χ0) is 24.9. The summed E-state index contributed by atoms with van der Waals surface area (Å²) < 4.78 is 5.28. The Hall–Kier alpha value is -5.05. The second-order valence-electron chi connectivity index (χ2n) is 8.18. The number of amides is 1. The fraction of sp³-hybridized carbons (Fsp3) is 0.0741. The first-order valence-electron chi connectivity index (χ1n) is 11.3. The molecule has 36 heavy (non-hydrogen) atoms. The van der Waals surface area contributed by atoms with E-state index in [2.05, 4.69) is 36.1 Å². The summed E-state index contributed by atoms with van der Waals surface area (Å²) in [4.78, 5) is 25.7. The molecule has 5 aromatic rings. The van der Waals surface area contributed by atoms with Gasteiger partial charge < -0.3 is 20.5 Å². The summed E-state index contributed by atoms with van der Waals surface area (Å²) in [6.07, 6.45) is 3.31. The molecule has 1 amide bonds. The van der Waals surface area contributed by atoms with Crippen LogP contribution in [0.1, 0.15) is 21.7 Å². The van der Waals surface area contributed by atoms with E-state index >= 15 is 0 Å². The van der Waals surface area contributed by atoms with Gasteiger partial charge in [-0.2, -0.15) is 4.98 Å². The summed E-state index contributed by atoms with van der Waals surface area (Å²) in [5, 5.41) is 13.2. The van der Waals surface area contributed by atoms with Crippen molar-refractivity contribution in [3.63, 3.8) is 0 Å². The minimum atomic E-state index is -0.372. The summed E-state index contributed by atoms with van der Waals surface area (Å²) in [6, 6.07) is 22.4. The minimum absolute atomic E-state index is 0.179. The molecule has 9 heteroatoms. The number of aryl methyl sites for hydroxylation is 2. The van der Waals surface area contributed by atoms with Crippen LogP contribution in [0.15, 0.2) is 89.7 Å². The summed E-state index contributed by atoms with van der Waals surface area (Å²) in [5.41, 5.74) is 5.28. The van der Waals surface area contributed by atoms with Gasteiger partial charge in [-0.25, -0.2) is 4.98 Å². The fourth-order valence-corrected chi connectivity index (χ4v) is 3.46. The summed E-state index contributed by atoms with van der Waals surface area (Å²) in [7, 11) is 0. The molecule has 0 bridgehead atoms. The van der Waals surface area contributed by atoms with Crippen molar-refractivity contribution in [2.45, 2.75) is 13.8 Å². The summed E-state index contributed by atoms with van der Waals surface area (Å²) in [6.45, 7) is 3.96. The molecule has 5 rings (SSSR count). The van der Waals surface area contributed by atoms with Gasteiger partial charge in [0.15, 0.2) is 11.5 Å².